The second-order valence-electron chi connectivity index (χ2n) is 6.23. The van der Waals surface area contributed by atoms with Crippen LogP contribution in [0.1, 0.15) is 18.9 Å². The van der Waals surface area contributed by atoms with Crippen molar-refractivity contribution in [3.63, 3.8) is 0 Å². The Morgan fingerprint density at radius 2 is 1.81 bits per heavy atom. The van der Waals surface area contributed by atoms with Crippen LogP contribution in [0.2, 0.25) is 0 Å². The van der Waals surface area contributed by atoms with Crippen LogP contribution in [0.15, 0.2) is 48.5 Å². The zero-order valence-electron chi connectivity index (χ0n) is 15.2. The number of nitrogens with zero attached hydrogens (tertiary/aromatic N) is 1. The van der Waals surface area contributed by atoms with E-state index >= 15 is 0 Å². The van der Waals surface area contributed by atoms with Crippen LogP contribution >= 0.6 is 0 Å². The van der Waals surface area contributed by atoms with E-state index in [-0.39, 0.29) is 12.3 Å². The van der Waals surface area contributed by atoms with Crippen molar-refractivity contribution in [1.82, 2.24) is 5.32 Å². The van der Waals surface area contributed by atoms with Crippen LogP contribution in [0, 0.1) is 6.92 Å². The second kappa shape index (κ2) is 7.90. The number of amides is 3. The summed E-state index contributed by atoms with van der Waals surface area (Å²) in [5.74, 6) is -0.725. The Morgan fingerprint density at radius 3 is 2.52 bits per heavy atom. The van der Waals surface area contributed by atoms with Crippen molar-refractivity contribution >= 4 is 29.3 Å². The monoisotopic (exact) mass is 367 g/mol. The Hall–Kier alpha value is -3.35. The van der Waals surface area contributed by atoms with Gasteiger partial charge < -0.3 is 15.4 Å². The van der Waals surface area contributed by atoms with Gasteiger partial charge in [0.1, 0.15) is 6.04 Å². The number of carbonyl (C=O) groups excluding carboxylic acids is 3. The predicted octanol–water partition coefficient (Wildman–Crippen LogP) is 2.85. The van der Waals surface area contributed by atoms with Gasteiger partial charge >= 0.3 is 12.0 Å². The first-order chi connectivity index (χ1) is 13.0. The highest BCUT2D eigenvalue weighted by molar-refractivity contribution is 6.05. The lowest BCUT2D eigenvalue weighted by molar-refractivity contribution is -0.138. The Morgan fingerprint density at radius 1 is 1.11 bits per heavy atom. The molecule has 1 heterocycles. The van der Waals surface area contributed by atoms with Crippen LogP contribution in [0.25, 0.3) is 0 Å². The molecule has 0 radical (unpaired) electrons. The quantitative estimate of drug-likeness (QED) is 0.642. The van der Waals surface area contributed by atoms with Crippen molar-refractivity contribution in [3.05, 3.63) is 54.1 Å². The number of carbonyl (C=O) groups is 3. The summed E-state index contributed by atoms with van der Waals surface area (Å²) < 4.78 is 5.33. The number of fused-ring (bicyclic) bond motifs is 1. The van der Waals surface area contributed by atoms with Crippen molar-refractivity contribution in [1.29, 1.82) is 0 Å². The predicted molar refractivity (Wildman–Crippen MR) is 102 cm³/mol. The maximum Gasteiger partial charge on any atom is 0.335 e. The molecule has 27 heavy (non-hydrogen) atoms. The highest BCUT2D eigenvalue weighted by Gasteiger charge is 2.39. The minimum Gasteiger partial charge on any atom is -0.423 e. The van der Waals surface area contributed by atoms with E-state index in [0.717, 1.165) is 5.56 Å². The van der Waals surface area contributed by atoms with E-state index in [9.17, 15) is 14.4 Å². The van der Waals surface area contributed by atoms with Crippen LogP contribution in [0.3, 0.4) is 0 Å². The average Bonchev–Trinajstić information content (AvgIpc) is 2.64. The fourth-order valence-corrected chi connectivity index (χ4v) is 2.88. The maximum absolute atomic E-state index is 12.6. The lowest BCUT2D eigenvalue weighted by Gasteiger charge is -2.34. The molecule has 1 aliphatic rings. The summed E-state index contributed by atoms with van der Waals surface area (Å²) in [5.41, 5.74) is 2.15. The molecular weight excluding hydrogens is 346 g/mol. The largest absolute Gasteiger partial charge is 0.423 e. The van der Waals surface area contributed by atoms with Crippen LogP contribution in [-0.2, 0) is 9.59 Å². The van der Waals surface area contributed by atoms with Crippen molar-refractivity contribution in [3.8, 4) is 5.75 Å². The molecule has 0 aromatic heterocycles. The SMILES string of the molecule is CCNC(=O)N1c2ccccc2OC(=O)C1CC(=O)Nc1ccc(C)cc1. The molecule has 0 aliphatic carbocycles. The number of anilines is 2. The number of benzene rings is 2. The van der Waals surface area contributed by atoms with Crippen LogP contribution in [0.5, 0.6) is 5.75 Å². The van der Waals surface area contributed by atoms with Gasteiger partial charge in [0.25, 0.3) is 0 Å². The van der Waals surface area contributed by atoms with Gasteiger partial charge in [-0.25, -0.2) is 9.59 Å². The summed E-state index contributed by atoms with van der Waals surface area (Å²) in [6.07, 6.45) is -0.210. The van der Waals surface area contributed by atoms with Gasteiger partial charge in [-0.15, -0.1) is 0 Å². The molecule has 7 nitrogen and oxygen atoms in total. The molecule has 2 aromatic carbocycles. The molecular formula is C20H21N3O4. The molecule has 1 unspecified atom stereocenters. The molecule has 0 spiro atoms. The highest BCUT2D eigenvalue weighted by atomic mass is 16.5. The van der Waals surface area contributed by atoms with Gasteiger partial charge in [0.05, 0.1) is 12.1 Å². The van der Waals surface area contributed by atoms with Crippen LogP contribution < -0.4 is 20.3 Å². The maximum atomic E-state index is 12.6. The third kappa shape index (κ3) is 4.08. The third-order valence-electron chi connectivity index (χ3n) is 4.18. The van der Waals surface area contributed by atoms with Crippen LogP contribution in [0.4, 0.5) is 16.2 Å². The molecule has 0 fully saturated rings. The lowest BCUT2D eigenvalue weighted by atomic mass is 10.1. The Labute approximate surface area is 157 Å². The first kappa shape index (κ1) is 18.4. The van der Waals surface area contributed by atoms with Crippen molar-refractivity contribution in [2.75, 3.05) is 16.8 Å². The molecule has 1 aliphatic heterocycles. The fourth-order valence-electron chi connectivity index (χ4n) is 2.88. The zero-order chi connectivity index (χ0) is 19.4. The van der Waals surface area contributed by atoms with E-state index in [1.807, 2.05) is 19.1 Å². The average molecular weight is 367 g/mol. The van der Waals surface area contributed by atoms with Crippen molar-refractivity contribution in [2.45, 2.75) is 26.3 Å². The molecule has 3 amide bonds. The Balaban J connectivity index is 1.83. The number of hydrogen-bond acceptors (Lipinski definition) is 4. The normalized spacial score (nSPS) is 15.6. The van der Waals surface area contributed by atoms with E-state index in [2.05, 4.69) is 10.6 Å². The number of nitrogens with one attached hydrogen (secondary N) is 2. The van der Waals surface area contributed by atoms with Gasteiger partial charge in [-0.2, -0.15) is 0 Å². The van der Waals surface area contributed by atoms with Crippen molar-refractivity contribution in [2.24, 2.45) is 0 Å². The van der Waals surface area contributed by atoms with E-state index in [1.165, 1.54) is 4.90 Å². The summed E-state index contributed by atoms with van der Waals surface area (Å²) >= 11 is 0. The smallest absolute Gasteiger partial charge is 0.335 e. The molecule has 2 N–H and O–H groups in total. The Kier molecular flexibility index (Phi) is 5.40. The van der Waals surface area contributed by atoms with Gasteiger partial charge in [-0.05, 0) is 38.1 Å². The van der Waals surface area contributed by atoms with E-state index in [4.69, 9.17) is 4.74 Å². The molecule has 0 saturated heterocycles. The summed E-state index contributed by atoms with van der Waals surface area (Å²) in [6, 6.07) is 12.6. The van der Waals surface area contributed by atoms with E-state index in [1.54, 1.807) is 43.3 Å². The first-order valence-corrected chi connectivity index (χ1v) is 8.74. The number of aryl methyl sites for hydroxylation is 1. The summed E-state index contributed by atoms with van der Waals surface area (Å²) in [5, 5.41) is 5.43. The van der Waals surface area contributed by atoms with Crippen LogP contribution in [-0.4, -0.2) is 30.5 Å². The molecule has 3 rings (SSSR count). The number of rotatable bonds is 4. The minimum absolute atomic E-state index is 0.210. The Bertz CT molecular complexity index is 864. The molecule has 0 bridgehead atoms. The number of esters is 1. The van der Waals surface area contributed by atoms with Gasteiger partial charge in [0.2, 0.25) is 5.91 Å². The molecule has 140 valence electrons. The van der Waals surface area contributed by atoms with Gasteiger partial charge in [-0.3, -0.25) is 9.69 Å². The van der Waals surface area contributed by atoms with Gasteiger partial charge in [0.15, 0.2) is 5.75 Å². The fraction of sp³-hybridized carbons (Fsp3) is 0.250. The summed E-state index contributed by atoms with van der Waals surface area (Å²) in [4.78, 5) is 38.8. The van der Waals surface area contributed by atoms with Gasteiger partial charge in [-0.1, -0.05) is 29.8 Å². The minimum atomic E-state index is -1.04. The van der Waals surface area contributed by atoms with Crippen molar-refractivity contribution < 1.29 is 19.1 Å². The standard InChI is InChI=1S/C20H21N3O4/c1-3-21-20(26)23-15-6-4-5-7-17(15)27-19(25)16(23)12-18(24)22-14-10-8-13(2)9-11-14/h4-11,16H,3,12H2,1-2H3,(H,21,26)(H,22,24). The van der Waals surface area contributed by atoms with E-state index in [0.29, 0.717) is 23.7 Å². The third-order valence-corrected chi connectivity index (χ3v) is 4.18. The summed E-state index contributed by atoms with van der Waals surface area (Å²) in [7, 11) is 0. The second-order valence-corrected chi connectivity index (χ2v) is 6.23. The molecule has 1 atom stereocenters. The number of urea groups is 1. The number of ether oxygens (including phenoxy) is 1. The van der Waals surface area contributed by atoms with E-state index < -0.39 is 18.0 Å². The summed E-state index contributed by atoms with van der Waals surface area (Å²) in [6.45, 7) is 4.13. The highest BCUT2D eigenvalue weighted by Crippen LogP contribution is 2.35. The molecule has 7 heteroatoms. The number of hydrogen-bond donors (Lipinski definition) is 2. The topological polar surface area (TPSA) is 87.7 Å². The zero-order valence-corrected chi connectivity index (χ0v) is 15.2. The molecule has 0 saturated carbocycles. The molecule has 2 aromatic rings. The lowest BCUT2D eigenvalue weighted by Crippen LogP contribution is -2.54. The number of para-hydroxylation sites is 2. The first-order valence-electron chi connectivity index (χ1n) is 8.74. The van der Waals surface area contributed by atoms with Gasteiger partial charge in [0, 0.05) is 12.2 Å².